The standard InChI is InChI=1S/C23H22N2O/c1-17-16-22(20-14-8-9-15-21(20)24-17)25(19-12-6-3-7-13-19)23(26)18-10-4-2-5-11-18/h2-15,17,22,24H,16H2,1H3/t17-,22+/m0/s1. The smallest absolute Gasteiger partial charge is 0.258 e. The van der Waals surface area contributed by atoms with E-state index in [1.54, 1.807) is 0 Å². The summed E-state index contributed by atoms with van der Waals surface area (Å²) in [5.41, 5.74) is 3.91. The molecule has 0 saturated carbocycles. The van der Waals surface area contributed by atoms with Crippen LogP contribution < -0.4 is 10.2 Å². The maximum atomic E-state index is 13.5. The zero-order valence-corrected chi connectivity index (χ0v) is 14.8. The van der Waals surface area contributed by atoms with Gasteiger partial charge in [0.2, 0.25) is 0 Å². The number of para-hydroxylation sites is 2. The molecule has 3 heteroatoms. The lowest BCUT2D eigenvalue weighted by molar-refractivity contribution is 0.0974. The van der Waals surface area contributed by atoms with E-state index in [4.69, 9.17) is 0 Å². The first-order valence-corrected chi connectivity index (χ1v) is 9.03. The van der Waals surface area contributed by atoms with Crippen molar-refractivity contribution < 1.29 is 4.79 Å². The molecule has 0 unspecified atom stereocenters. The fourth-order valence-electron chi connectivity index (χ4n) is 3.70. The number of anilines is 2. The number of fused-ring (bicyclic) bond motifs is 1. The second kappa shape index (κ2) is 7.04. The highest BCUT2D eigenvalue weighted by atomic mass is 16.2. The van der Waals surface area contributed by atoms with Crippen LogP contribution in [0.2, 0.25) is 0 Å². The first-order valence-electron chi connectivity index (χ1n) is 9.03. The number of benzene rings is 3. The molecule has 0 spiro atoms. The molecule has 0 saturated heterocycles. The molecule has 0 bridgehead atoms. The third-order valence-electron chi connectivity index (χ3n) is 4.88. The largest absolute Gasteiger partial charge is 0.382 e. The van der Waals surface area contributed by atoms with E-state index < -0.39 is 0 Å². The summed E-state index contributed by atoms with van der Waals surface area (Å²) in [6.07, 6.45) is 0.866. The summed E-state index contributed by atoms with van der Waals surface area (Å²) in [7, 11) is 0. The van der Waals surface area contributed by atoms with Gasteiger partial charge in [-0.15, -0.1) is 0 Å². The summed E-state index contributed by atoms with van der Waals surface area (Å²) in [6.45, 7) is 2.17. The molecule has 0 radical (unpaired) electrons. The molecule has 1 aliphatic rings. The Kier molecular flexibility index (Phi) is 4.44. The van der Waals surface area contributed by atoms with Crippen LogP contribution in [0.15, 0.2) is 84.9 Å². The minimum Gasteiger partial charge on any atom is -0.382 e. The van der Waals surface area contributed by atoms with Crippen molar-refractivity contribution in [1.29, 1.82) is 0 Å². The van der Waals surface area contributed by atoms with Crippen LogP contribution in [-0.2, 0) is 0 Å². The predicted molar refractivity (Wildman–Crippen MR) is 107 cm³/mol. The average molecular weight is 342 g/mol. The summed E-state index contributed by atoms with van der Waals surface area (Å²) in [4.78, 5) is 15.4. The molecule has 1 amide bonds. The minimum absolute atomic E-state index is 0.00226. The zero-order chi connectivity index (χ0) is 17.9. The van der Waals surface area contributed by atoms with Crippen LogP contribution in [-0.4, -0.2) is 11.9 Å². The van der Waals surface area contributed by atoms with Gasteiger partial charge >= 0.3 is 0 Å². The summed E-state index contributed by atoms with van der Waals surface area (Å²) < 4.78 is 0. The number of carbonyl (C=O) groups is 1. The summed E-state index contributed by atoms with van der Waals surface area (Å²) in [6, 6.07) is 28.1. The number of hydrogen-bond donors (Lipinski definition) is 1. The van der Waals surface area contributed by atoms with Crippen LogP contribution in [0.4, 0.5) is 11.4 Å². The van der Waals surface area contributed by atoms with Crippen molar-refractivity contribution in [3.8, 4) is 0 Å². The summed E-state index contributed by atoms with van der Waals surface area (Å²) in [5.74, 6) is 0.0331. The van der Waals surface area contributed by atoms with Crippen LogP contribution in [0.1, 0.15) is 35.3 Å². The van der Waals surface area contributed by atoms with Gasteiger partial charge < -0.3 is 10.2 Å². The number of amides is 1. The number of nitrogens with zero attached hydrogens (tertiary/aromatic N) is 1. The van der Waals surface area contributed by atoms with Gasteiger partial charge in [0.1, 0.15) is 0 Å². The van der Waals surface area contributed by atoms with E-state index in [9.17, 15) is 4.79 Å². The molecule has 4 rings (SSSR count). The van der Waals surface area contributed by atoms with Gasteiger partial charge in [-0.2, -0.15) is 0 Å². The maximum absolute atomic E-state index is 13.5. The summed E-state index contributed by atoms with van der Waals surface area (Å²) in [5, 5.41) is 3.54. The maximum Gasteiger partial charge on any atom is 0.258 e. The first kappa shape index (κ1) is 16.4. The van der Waals surface area contributed by atoms with Crippen LogP contribution in [0.5, 0.6) is 0 Å². The molecule has 26 heavy (non-hydrogen) atoms. The van der Waals surface area contributed by atoms with Crippen molar-refractivity contribution in [2.75, 3.05) is 10.2 Å². The Hall–Kier alpha value is -3.07. The van der Waals surface area contributed by atoms with Crippen LogP contribution >= 0.6 is 0 Å². The van der Waals surface area contributed by atoms with E-state index in [-0.39, 0.29) is 11.9 Å². The van der Waals surface area contributed by atoms with Gasteiger partial charge in [0.15, 0.2) is 0 Å². The monoisotopic (exact) mass is 342 g/mol. The van der Waals surface area contributed by atoms with Gasteiger partial charge in [0, 0.05) is 23.0 Å². The lowest BCUT2D eigenvalue weighted by Gasteiger charge is -2.39. The second-order valence-electron chi connectivity index (χ2n) is 6.76. The van der Waals surface area contributed by atoms with Gasteiger partial charge in [0.25, 0.3) is 5.91 Å². The third kappa shape index (κ3) is 3.08. The molecular weight excluding hydrogens is 320 g/mol. The Labute approximate surface area is 154 Å². The predicted octanol–water partition coefficient (Wildman–Crippen LogP) is 5.28. The van der Waals surface area contributed by atoms with Crippen molar-refractivity contribution in [3.05, 3.63) is 96.1 Å². The number of nitrogens with one attached hydrogen (secondary N) is 1. The number of hydrogen-bond acceptors (Lipinski definition) is 2. The van der Waals surface area contributed by atoms with E-state index in [2.05, 4.69) is 24.4 Å². The van der Waals surface area contributed by atoms with Crippen LogP contribution in [0.25, 0.3) is 0 Å². The van der Waals surface area contributed by atoms with Crippen LogP contribution in [0, 0.1) is 0 Å². The highest BCUT2D eigenvalue weighted by molar-refractivity contribution is 6.06. The van der Waals surface area contributed by atoms with E-state index in [0.29, 0.717) is 11.6 Å². The Morgan fingerprint density at radius 1 is 0.885 bits per heavy atom. The Morgan fingerprint density at radius 2 is 1.50 bits per heavy atom. The average Bonchev–Trinajstić information content (AvgIpc) is 2.69. The zero-order valence-electron chi connectivity index (χ0n) is 14.8. The molecular formula is C23H22N2O. The molecule has 0 fully saturated rings. The molecule has 1 N–H and O–H groups in total. The highest BCUT2D eigenvalue weighted by Crippen LogP contribution is 2.39. The van der Waals surface area contributed by atoms with Crippen molar-refractivity contribution in [3.63, 3.8) is 0 Å². The highest BCUT2D eigenvalue weighted by Gasteiger charge is 2.33. The number of carbonyl (C=O) groups excluding carboxylic acids is 1. The van der Waals surface area contributed by atoms with Crippen molar-refractivity contribution in [2.24, 2.45) is 0 Å². The van der Waals surface area contributed by atoms with Gasteiger partial charge in [-0.25, -0.2) is 0 Å². The molecule has 130 valence electrons. The topological polar surface area (TPSA) is 32.3 Å². The number of rotatable bonds is 3. The van der Waals surface area contributed by atoms with Gasteiger partial charge in [-0.05, 0) is 49.2 Å². The molecule has 0 aliphatic carbocycles. The van der Waals surface area contributed by atoms with Crippen molar-refractivity contribution in [1.82, 2.24) is 0 Å². The summed E-state index contributed by atoms with van der Waals surface area (Å²) >= 11 is 0. The molecule has 2 atom stereocenters. The Bertz CT molecular complexity index is 892. The van der Waals surface area contributed by atoms with Gasteiger partial charge in [-0.3, -0.25) is 4.79 Å². The van der Waals surface area contributed by atoms with Gasteiger partial charge in [0.05, 0.1) is 6.04 Å². The molecule has 3 nitrogen and oxygen atoms in total. The SMILES string of the molecule is C[C@H]1C[C@@H](N(C(=O)c2ccccc2)c2ccccc2)c2ccccc2N1. The van der Waals surface area contributed by atoms with E-state index in [0.717, 1.165) is 17.8 Å². The van der Waals surface area contributed by atoms with Crippen LogP contribution in [0.3, 0.4) is 0 Å². The van der Waals surface area contributed by atoms with E-state index in [1.165, 1.54) is 5.56 Å². The lowest BCUT2D eigenvalue weighted by atomic mass is 9.91. The quantitative estimate of drug-likeness (QED) is 0.702. The molecule has 0 aromatic heterocycles. The lowest BCUT2D eigenvalue weighted by Crippen LogP contribution is -2.40. The van der Waals surface area contributed by atoms with Crippen molar-refractivity contribution in [2.45, 2.75) is 25.4 Å². The molecule has 3 aromatic rings. The molecule has 1 aliphatic heterocycles. The van der Waals surface area contributed by atoms with Gasteiger partial charge in [-0.1, -0.05) is 54.6 Å². The van der Waals surface area contributed by atoms with Crippen molar-refractivity contribution >= 4 is 17.3 Å². The Balaban J connectivity index is 1.83. The fraction of sp³-hybridized carbons (Fsp3) is 0.174. The second-order valence-corrected chi connectivity index (χ2v) is 6.76. The fourth-order valence-corrected chi connectivity index (χ4v) is 3.70. The minimum atomic E-state index is -0.00226. The molecule has 3 aromatic carbocycles. The Morgan fingerprint density at radius 3 is 2.23 bits per heavy atom. The van der Waals surface area contributed by atoms with E-state index in [1.807, 2.05) is 77.7 Å². The molecule has 1 heterocycles. The third-order valence-corrected chi connectivity index (χ3v) is 4.88. The first-order chi connectivity index (χ1) is 12.7. The van der Waals surface area contributed by atoms with E-state index >= 15 is 0 Å². The normalized spacial score (nSPS) is 18.5.